The number of likely N-dealkylation sites (N-methyl/N-ethyl adjacent to an activating group) is 1. The predicted octanol–water partition coefficient (Wildman–Crippen LogP) is 0.675. The molecule has 2 rings (SSSR count). The molecule has 2 aliphatic rings. The van der Waals surface area contributed by atoms with Gasteiger partial charge in [-0.3, -0.25) is 0 Å². The zero-order valence-corrected chi connectivity index (χ0v) is 7.51. The third kappa shape index (κ3) is 1.30. The smallest absolute Gasteiger partial charge is 0.0298 e. The highest BCUT2D eigenvalue weighted by atomic mass is 15.2. The van der Waals surface area contributed by atoms with Crippen molar-refractivity contribution >= 4 is 0 Å². The summed E-state index contributed by atoms with van der Waals surface area (Å²) in [5, 5.41) is 0. The van der Waals surface area contributed by atoms with Crippen LogP contribution in [0.4, 0.5) is 0 Å². The Balaban J connectivity index is 2.07. The maximum Gasteiger partial charge on any atom is 0.0298 e. The second kappa shape index (κ2) is 2.20. The topological polar surface area (TPSA) is 29.3 Å². The van der Waals surface area contributed by atoms with Crippen LogP contribution < -0.4 is 5.73 Å². The van der Waals surface area contributed by atoms with Gasteiger partial charge in [-0.05, 0) is 38.6 Å². The second-order valence-corrected chi connectivity index (χ2v) is 4.65. The number of nitrogens with zero attached hydrogens (tertiary/aromatic N) is 1. The fourth-order valence-corrected chi connectivity index (χ4v) is 2.49. The molecule has 1 saturated carbocycles. The van der Waals surface area contributed by atoms with Gasteiger partial charge in [0, 0.05) is 18.6 Å². The molecular formula is C9H18N2. The third-order valence-corrected chi connectivity index (χ3v) is 3.16. The molecule has 0 spiro atoms. The fraction of sp³-hybridized carbons (Fsp3) is 1.00. The molecule has 2 atom stereocenters. The van der Waals surface area contributed by atoms with E-state index in [2.05, 4.69) is 18.9 Å². The average Bonchev–Trinajstić information content (AvgIpc) is 2.59. The lowest BCUT2D eigenvalue weighted by atomic mass is 9.86. The number of hydrogen-bond donors (Lipinski definition) is 1. The van der Waals surface area contributed by atoms with Crippen LogP contribution >= 0.6 is 0 Å². The Morgan fingerprint density at radius 3 is 2.45 bits per heavy atom. The fourth-order valence-electron chi connectivity index (χ4n) is 2.49. The molecule has 11 heavy (non-hydrogen) atoms. The number of rotatable bonds is 1. The molecule has 0 unspecified atom stereocenters. The number of nitrogens with two attached hydrogens (primary N) is 1. The predicted molar refractivity (Wildman–Crippen MR) is 46.3 cm³/mol. The van der Waals surface area contributed by atoms with Gasteiger partial charge in [-0.15, -0.1) is 0 Å². The first-order chi connectivity index (χ1) is 5.09. The first kappa shape index (κ1) is 7.56. The van der Waals surface area contributed by atoms with Crippen molar-refractivity contribution in [1.82, 2.24) is 4.90 Å². The van der Waals surface area contributed by atoms with Crippen molar-refractivity contribution in [1.29, 1.82) is 0 Å². The summed E-state index contributed by atoms with van der Waals surface area (Å²) in [5.41, 5.74) is 6.30. The minimum absolute atomic E-state index is 0.0932. The van der Waals surface area contributed by atoms with Crippen LogP contribution in [0.15, 0.2) is 0 Å². The van der Waals surface area contributed by atoms with Crippen molar-refractivity contribution in [3.8, 4) is 0 Å². The summed E-state index contributed by atoms with van der Waals surface area (Å²) >= 11 is 0. The van der Waals surface area contributed by atoms with Crippen molar-refractivity contribution in [3.05, 3.63) is 0 Å². The molecule has 2 fully saturated rings. The molecule has 1 heterocycles. The summed E-state index contributed by atoms with van der Waals surface area (Å²) in [5.74, 6) is 1.72. The van der Waals surface area contributed by atoms with Crippen LogP contribution in [0.2, 0.25) is 0 Å². The molecule has 2 N–H and O–H groups in total. The summed E-state index contributed by atoms with van der Waals surface area (Å²) < 4.78 is 0. The van der Waals surface area contributed by atoms with E-state index in [1.54, 1.807) is 0 Å². The monoisotopic (exact) mass is 154 g/mol. The van der Waals surface area contributed by atoms with Gasteiger partial charge in [-0.2, -0.15) is 0 Å². The van der Waals surface area contributed by atoms with Gasteiger partial charge < -0.3 is 10.6 Å². The van der Waals surface area contributed by atoms with E-state index in [0.29, 0.717) is 0 Å². The lowest BCUT2D eigenvalue weighted by molar-refractivity contribution is 0.338. The van der Waals surface area contributed by atoms with E-state index in [4.69, 9.17) is 5.73 Å². The minimum atomic E-state index is 0.0932. The molecule has 0 amide bonds. The number of likely N-dealkylation sites (tertiary alicyclic amines) is 1. The van der Waals surface area contributed by atoms with Crippen molar-refractivity contribution in [2.45, 2.75) is 25.3 Å². The van der Waals surface area contributed by atoms with E-state index in [9.17, 15) is 0 Å². The number of hydrogen-bond acceptors (Lipinski definition) is 2. The van der Waals surface area contributed by atoms with E-state index >= 15 is 0 Å². The van der Waals surface area contributed by atoms with Crippen molar-refractivity contribution < 1.29 is 0 Å². The maximum atomic E-state index is 6.21. The Morgan fingerprint density at radius 1 is 1.45 bits per heavy atom. The highest BCUT2D eigenvalue weighted by Gasteiger charge is 2.46. The van der Waals surface area contributed by atoms with Gasteiger partial charge in [-0.25, -0.2) is 0 Å². The van der Waals surface area contributed by atoms with Gasteiger partial charge in [0.15, 0.2) is 0 Å². The van der Waals surface area contributed by atoms with Gasteiger partial charge in [0.2, 0.25) is 0 Å². The van der Waals surface area contributed by atoms with Crippen LogP contribution in [-0.4, -0.2) is 30.6 Å². The molecule has 1 aliphatic heterocycles. The molecule has 0 aromatic heterocycles. The summed E-state index contributed by atoms with van der Waals surface area (Å²) in [4.78, 5) is 2.36. The Labute approximate surface area is 68.7 Å². The molecule has 1 aliphatic carbocycles. The van der Waals surface area contributed by atoms with Crippen molar-refractivity contribution in [3.63, 3.8) is 0 Å². The van der Waals surface area contributed by atoms with Crippen LogP contribution in [0.5, 0.6) is 0 Å². The molecule has 2 nitrogen and oxygen atoms in total. The van der Waals surface area contributed by atoms with Gasteiger partial charge in [0.25, 0.3) is 0 Å². The Morgan fingerprint density at radius 2 is 2.09 bits per heavy atom. The minimum Gasteiger partial charge on any atom is -0.324 e. The highest BCUT2D eigenvalue weighted by Crippen LogP contribution is 2.44. The molecule has 2 heteroatoms. The lowest BCUT2D eigenvalue weighted by Crippen LogP contribution is -2.45. The van der Waals surface area contributed by atoms with E-state index in [-0.39, 0.29) is 5.54 Å². The van der Waals surface area contributed by atoms with Crippen LogP contribution in [0.25, 0.3) is 0 Å². The van der Waals surface area contributed by atoms with Gasteiger partial charge in [0.05, 0.1) is 0 Å². The maximum absolute atomic E-state index is 6.21. The first-order valence-corrected chi connectivity index (χ1v) is 4.57. The van der Waals surface area contributed by atoms with Crippen molar-refractivity contribution in [2.24, 2.45) is 17.6 Å². The Hall–Kier alpha value is -0.0800. The molecule has 0 bridgehead atoms. The average molecular weight is 154 g/mol. The summed E-state index contributed by atoms with van der Waals surface area (Å²) in [7, 11) is 2.17. The standard InChI is InChI=1S/C9H18N2/c1-9(10)6-11(2)5-8(9)7-3-4-7/h7-8H,3-6,10H2,1-2H3/t8-,9+/m0/s1. The molecule has 0 aromatic carbocycles. The Kier molecular flexibility index (Phi) is 1.52. The third-order valence-electron chi connectivity index (χ3n) is 3.16. The molecule has 64 valence electrons. The summed E-state index contributed by atoms with van der Waals surface area (Å²) in [6.45, 7) is 4.51. The largest absolute Gasteiger partial charge is 0.324 e. The second-order valence-electron chi connectivity index (χ2n) is 4.65. The summed E-state index contributed by atoms with van der Waals surface area (Å²) in [6.07, 6.45) is 2.84. The van der Waals surface area contributed by atoms with Crippen LogP contribution in [-0.2, 0) is 0 Å². The van der Waals surface area contributed by atoms with Crippen LogP contribution in [0, 0.1) is 11.8 Å². The quantitative estimate of drug-likeness (QED) is 0.601. The molecule has 1 saturated heterocycles. The normalized spacial score (nSPS) is 46.6. The van der Waals surface area contributed by atoms with Gasteiger partial charge in [-0.1, -0.05) is 0 Å². The van der Waals surface area contributed by atoms with E-state index in [1.165, 1.54) is 19.4 Å². The van der Waals surface area contributed by atoms with E-state index < -0.39 is 0 Å². The van der Waals surface area contributed by atoms with Gasteiger partial charge >= 0.3 is 0 Å². The molecular weight excluding hydrogens is 136 g/mol. The van der Waals surface area contributed by atoms with Crippen LogP contribution in [0.1, 0.15) is 19.8 Å². The molecule has 0 radical (unpaired) electrons. The van der Waals surface area contributed by atoms with E-state index in [0.717, 1.165) is 18.4 Å². The zero-order chi connectivity index (χ0) is 8.06. The highest BCUT2D eigenvalue weighted by molar-refractivity contribution is 5.02. The Bertz CT molecular complexity index is 161. The van der Waals surface area contributed by atoms with Crippen LogP contribution in [0.3, 0.4) is 0 Å². The van der Waals surface area contributed by atoms with Gasteiger partial charge in [0.1, 0.15) is 0 Å². The van der Waals surface area contributed by atoms with Crippen molar-refractivity contribution in [2.75, 3.05) is 20.1 Å². The van der Waals surface area contributed by atoms with E-state index in [1.807, 2.05) is 0 Å². The SMILES string of the molecule is CN1C[C@@H](C2CC2)[C@](C)(N)C1. The zero-order valence-electron chi connectivity index (χ0n) is 7.51. The molecule has 0 aromatic rings. The first-order valence-electron chi connectivity index (χ1n) is 4.57. The lowest BCUT2D eigenvalue weighted by Gasteiger charge is -2.25. The summed E-state index contributed by atoms with van der Waals surface area (Å²) in [6, 6.07) is 0.